The number of esters is 1. The first-order chi connectivity index (χ1) is 13.4. The van der Waals surface area contributed by atoms with Gasteiger partial charge in [0.2, 0.25) is 0 Å². The number of rotatable bonds is 4. The number of thiazole rings is 1. The Labute approximate surface area is 163 Å². The van der Waals surface area contributed by atoms with E-state index < -0.39 is 16.8 Å². The van der Waals surface area contributed by atoms with E-state index >= 15 is 0 Å². The molecule has 142 valence electrons. The maximum atomic E-state index is 12.2. The predicted octanol–water partition coefficient (Wildman–Crippen LogP) is 3.08. The number of ether oxygens (including phenoxy) is 1. The number of amides is 1. The van der Waals surface area contributed by atoms with Crippen LogP contribution in [0.1, 0.15) is 15.9 Å². The molecule has 1 heterocycles. The average Bonchev–Trinajstić information content (AvgIpc) is 3.00. The number of benzene rings is 2. The van der Waals surface area contributed by atoms with Crippen LogP contribution in [0.4, 0.5) is 5.69 Å². The molecule has 0 bridgehead atoms. The number of non-ortho nitro benzene ring substituents is 1. The van der Waals surface area contributed by atoms with Crippen LogP contribution < -0.4 is 4.80 Å². The summed E-state index contributed by atoms with van der Waals surface area (Å²) in [6.45, 7) is 0. The van der Waals surface area contributed by atoms with Gasteiger partial charge in [-0.1, -0.05) is 23.5 Å². The lowest BCUT2D eigenvalue weighted by molar-refractivity contribution is -0.384. The highest BCUT2D eigenvalue weighted by molar-refractivity contribution is 7.16. The molecular weight excluding hydrogens is 382 g/mol. The maximum absolute atomic E-state index is 12.2. The molecule has 0 fully saturated rings. The Balaban J connectivity index is 1.90. The van der Waals surface area contributed by atoms with Gasteiger partial charge in [0.25, 0.3) is 11.6 Å². The average molecular weight is 397 g/mol. The second-order valence-corrected chi connectivity index (χ2v) is 6.76. The number of hydrogen-bond acceptors (Lipinski definition) is 6. The first-order valence-corrected chi connectivity index (χ1v) is 8.90. The van der Waals surface area contributed by atoms with Gasteiger partial charge in [-0.2, -0.15) is 4.99 Å². The third kappa shape index (κ3) is 4.04. The molecule has 1 aromatic heterocycles. The van der Waals surface area contributed by atoms with E-state index in [1.54, 1.807) is 41.9 Å². The number of hydrogen-bond donors (Lipinski definition) is 0. The molecule has 28 heavy (non-hydrogen) atoms. The van der Waals surface area contributed by atoms with Crippen molar-refractivity contribution in [3.63, 3.8) is 0 Å². The summed E-state index contributed by atoms with van der Waals surface area (Å²) in [5, 5.41) is 10.8. The van der Waals surface area contributed by atoms with Gasteiger partial charge in [-0.05, 0) is 29.8 Å². The van der Waals surface area contributed by atoms with Crippen molar-refractivity contribution < 1.29 is 19.2 Å². The number of nitro benzene ring substituents is 1. The molecule has 3 rings (SSSR count). The molecule has 0 aliphatic carbocycles. The Morgan fingerprint density at radius 3 is 2.75 bits per heavy atom. The number of carbonyl (C=O) groups excluding carboxylic acids is 2. The lowest BCUT2D eigenvalue weighted by atomic mass is 10.2. The van der Waals surface area contributed by atoms with Crippen molar-refractivity contribution in [3.05, 3.63) is 74.6 Å². The molecule has 0 saturated carbocycles. The monoisotopic (exact) mass is 397 g/mol. The van der Waals surface area contributed by atoms with Crippen molar-refractivity contribution >= 4 is 45.2 Å². The minimum absolute atomic E-state index is 0.0520. The molecule has 3 aromatic rings. The van der Waals surface area contributed by atoms with Gasteiger partial charge in [0.1, 0.15) is 0 Å². The third-order valence-corrected chi connectivity index (χ3v) is 5.03. The molecule has 0 atom stereocenters. The van der Waals surface area contributed by atoms with E-state index in [0.29, 0.717) is 15.9 Å². The Hall–Kier alpha value is -3.59. The minimum Gasteiger partial charge on any atom is -0.465 e. The largest absolute Gasteiger partial charge is 0.465 e. The van der Waals surface area contributed by atoms with Crippen LogP contribution in [0.5, 0.6) is 0 Å². The molecule has 1 amide bonds. The van der Waals surface area contributed by atoms with Gasteiger partial charge >= 0.3 is 5.97 Å². The summed E-state index contributed by atoms with van der Waals surface area (Å²) in [7, 11) is 3.08. The van der Waals surface area contributed by atoms with Crippen molar-refractivity contribution in [1.82, 2.24) is 4.57 Å². The molecule has 0 spiro atoms. The van der Waals surface area contributed by atoms with E-state index in [0.717, 1.165) is 10.2 Å². The van der Waals surface area contributed by atoms with Gasteiger partial charge in [-0.3, -0.25) is 14.9 Å². The van der Waals surface area contributed by atoms with Crippen LogP contribution in [-0.2, 0) is 16.6 Å². The number of nitro groups is 1. The molecule has 0 N–H and O–H groups in total. The number of aryl methyl sites for hydroxylation is 1. The zero-order chi connectivity index (χ0) is 20.3. The van der Waals surface area contributed by atoms with E-state index in [4.69, 9.17) is 4.74 Å². The van der Waals surface area contributed by atoms with Gasteiger partial charge < -0.3 is 9.30 Å². The second kappa shape index (κ2) is 7.97. The minimum atomic E-state index is -0.498. The van der Waals surface area contributed by atoms with Crippen LogP contribution in [-0.4, -0.2) is 28.5 Å². The van der Waals surface area contributed by atoms with E-state index in [2.05, 4.69) is 4.99 Å². The second-order valence-electron chi connectivity index (χ2n) is 5.75. The SMILES string of the molecule is COC(=O)c1ccc2c(c1)sc(=NC(=O)C=Cc1cccc([N+](=O)[O-])c1)n2C. The van der Waals surface area contributed by atoms with Crippen LogP contribution >= 0.6 is 11.3 Å². The third-order valence-electron chi connectivity index (χ3n) is 3.94. The summed E-state index contributed by atoms with van der Waals surface area (Å²) in [5.74, 6) is -0.936. The lowest BCUT2D eigenvalue weighted by Gasteiger charge is -1.99. The number of fused-ring (bicyclic) bond motifs is 1. The standard InChI is InChI=1S/C19H15N3O5S/c1-21-15-8-7-13(18(24)27-2)11-16(15)28-19(21)20-17(23)9-6-12-4-3-5-14(10-12)22(25)26/h3-11H,1-2H3. The van der Waals surface area contributed by atoms with E-state index in [-0.39, 0.29) is 5.69 Å². The molecule has 0 unspecified atom stereocenters. The number of aromatic nitrogens is 1. The first kappa shape index (κ1) is 19.2. The molecule has 0 aliphatic rings. The van der Waals surface area contributed by atoms with Crippen molar-refractivity contribution in [1.29, 1.82) is 0 Å². The number of carbonyl (C=O) groups is 2. The topological polar surface area (TPSA) is 104 Å². The summed E-state index contributed by atoms with van der Waals surface area (Å²) in [5.41, 5.74) is 1.72. The molecule has 8 nitrogen and oxygen atoms in total. The first-order valence-electron chi connectivity index (χ1n) is 8.08. The Morgan fingerprint density at radius 2 is 2.04 bits per heavy atom. The highest BCUT2D eigenvalue weighted by Crippen LogP contribution is 2.19. The molecule has 0 aliphatic heterocycles. The van der Waals surface area contributed by atoms with Crippen LogP contribution in [0.15, 0.2) is 53.5 Å². The summed E-state index contributed by atoms with van der Waals surface area (Å²) in [6, 6.07) is 11.1. The van der Waals surface area contributed by atoms with Gasteiger partial charge in [-0.25, -0.2) is 4.79 Å². The zero-order valence-corrected chi connectivity index (χ0v) is 15.8. The predicted molar refractivity (Wildman–Crippen MR) is 105 cm³/mol. The van der Waals surface area contributed by atoms with Gasteiger partial charge in [0.15, 0.2) is 4.80 Å². The Morgan fingerprint density at radius 1 is 1.25 bits per heavy atom. The molecule has 9 heteroatoms. The zero-order valence-electron chi connectivity index (χ0n) is 15.0. The molecule has 2 aromatic carbocycles. The van der Waals surface area contributed by atoms with Gasteiger partial charge in [-0.15, -0.1) is 0 Å². The van der Waals surface area contributed by atoms with Crippen molar-refractivity contribution in [2.45, 2.75) is 0 Å². The summed E-state index contributed by atoms with van der Waals surface area (Å²) in [4.78, 5) is 38.7. The quantitative estimate of drug-likeness (QED) is 0.291. The van der Waals surface area contributed by atoms with Crippen LogP contribution in [0.25, 0.3) is 16.3 Å². The van der Waals surface area contributed by atoms with Crippen LogP contribution in [0.3, 0.4) is 0 Å². The van der Waals surface area contributed by atoms with Crippen LogP contribution in [0, 0.1) is 10.1 Å². The summed E-state index contributed by atoms with van der Waals surface area (Å²) >= 11 is 1.27. The summed E-state index contributed by atoms with van der Waals surface area (Å²) in [6.07, 6.45) is 2.73. The van der Waals surface area contributed by atoms with Gasteiger partial charge in [0.05, 0.1) is 27.8 Å². The smallest absolute Gasteiger partial charge is 0.337 e. The fourth-order valence-corrected chi connectivity index (χ4v) is 3.59. The highest BCUT2D eigenvalue weighted by Gasteiger charge is 2.10. The van der Waals surface area contributed by atoms with E-state index in [1.165, 1.54) is 42.7 Å². The fourth-order valence-electron chi connectivity index (χ4n) is 2.53. The fraction of sp³-hybridized carbons (Fsp3) is 0.105. The van der Waals surface area contributed by atoms with Crippen LogP contribution in [0.2, 0.25) is 0 Å². The summed E-state index contributed by atoms with van der Waals surface area (Å²) < 4.78 is 7.26. The van der Waals surface area contributed by atoms with E-state index in [9.17, 15) is 19.7 Å². The van der Waals surface area contributed by atoms with Crippen molar-refractivity contribution in [3.8, 4) is 0 Å². The molecular formula is C19H15N3O5S. The lowest BCUT2D eigenvalue weighted by Crippen LogP contribution is -2.12. The number of nitrogens with zero attached hydrogens (tertiary/aromatic N) is 3. The van der Waals surface area contributed by atoms with Crippen molar-refractivity contribution in [2.75, 3.05) is 7.11 Å². The van der Waals surface area contributed by atoms with Crippen molar-refractivity contribution in [2.24, 2.45) is 12.0 Å². The Kier molecular flexibility index (Phi) is 5.46. The maximum Gasteiger partial charge on any atom is 0.337 e. The molecule has 0 saturated heterocycles. The molecule has 0 radical (unpaired) electrons. The van der Waals surface area contributed by atoms with E-state index in [1.807, 2.05) is 0 Å². The highest BCUT2D eigenvalue weighted by atomic mass is 32.1. The van der Waals surface area contributed by atoms with Gasteiger partial charge in [0, 0.05) is 25.3 Å². The normalized spacial score (nSPS) is 11.9. The number of methoxy groups -OCH3 is 1. The Bertz CT molecular complexity index is 1190.